The van der Waals surface area contributed by atoms with Crippen LogP contribution in [-0.4, -0.2) is 42.8 Å². The minimum absolute atomic E-state index is 0.124. The van der Waals surface area contributed by atoms with Gasteiger partial charge in [-0.05, 0) is 24.6 Å². The van der Waals surface area contributed by atoms with Crippen molar-refractivity contribution in [2.45, 2.75) is 19.6 Å². The molecule has 0 unspecified atom stereocenters. The van der Waals surface area contributed by atoms with Gasteiger partial charge in [-0.25, -0.2) is 4.98 Å². The number of nitrogens with zero attached hydrogens (tertiary/aromatic N) is 3. The highest BCUT2D eigenvalue weighted by molar-refractivity contribution is 6.35. The Balaban J connectivity index is 1.87. The Labute approximate surface area is 165 Å². The second-order valence-electron chi connectivity index (χ2n) is 6.03. The Morgan fingerprint density at radius 1 is 1.26 bits per heavy atom. The molecule has 1 aliphatic heterocycles. The highest BCUT2D eigenvalue weighted by atomic mass is 35.5. The van der Waals surface area contributed by atoms with Crippen LogP contribution in [0.1, 0.15) is 18.5 Å². The van der Waals surface area contributed by atoms with Crippen LogP contribution in [0.4, 0.5) is 20.5 Å². The highest BCUT2D eigenvalue weighted by Crippen LogP contribution is 2.32. The van der Waals surface area contributed by atoms with Gasteiger partial charge in [-0.3, -0.25) is 0 Å². The van der Waals surface area contributed by atoms with E-state index >= 15 is 0 Å². The fourth-order valence-electron chi connectivity index (χ4n) is 2.80. The van der Waals surface area contributed by atoms with Crippen molar-refractivity contribution in [3.8, 4) is 5.75 Å². The van der Waals surface area contributed by atoms with Crippen LogP contribution in [0.15, 0.2) is 24.4 Å². The third-order valence-corrected chi connectivity index (χ3v) is 4.70. The number of piperazine rings is 1. The van der Waals surface area contributed by atoms with Crippen molar-refractivity contribution in [2.75, 3.05) is 36.4 Å². The van der Waals surface area contributed by atoms with Gasteiger partial charge in [0.1, 0.15) is 0 Å². The quantitative estimate of drug-likeness (QED) is 0.741. The van der Waals surface area contributed by atoms with Crippen molar-refractivity contribution in [3.05, 3.63) is 40.0 Å². The van der Waals surface area contributed by atoms with Gasteiger partial charge in [0.25, 0.3) is 0 Å². The van der Waals surface area contributed by atoms with E-state index in [0.717, 1.165) is 31.7 Å². The smallest absolute Gasteiger partial charge is 0.387 e. The molecule has 27 heavy (non-hydrogen) atoms. The fourth-order valence-corrected chi connectivity index (χ4v) is 3.37. The van der Waals surface area contributed by atoms with Crippen LogP contribution in [0.5, 0.6) is 5.75 Å². The fraction of sp³-hybridized carbons (Fsp3) is 0.412. The van der Waals surface area contributed by atoms with Gasteiger partial charge < -0.3 is 20.3 Å². The van der Waals surface area contributed by atoms with Gasteiger partial charge in [0, 0.05) is 36.2 Å². The first-order valence-corrected chi connectivity index (χ1v) is 9.18. The second kappa shape index (κ2) is 8.86. The van der Waals surface area contributed by atoms with Gasteiger partial charge in [0.2, 0.25) is 5.95 Å². The van der Waals surface area contributed by atoms with E-state index in [9.17, 15) is 8.78 Å². The van der Waals surface area contributed by atoms with Gasteiger partial charge in [0.05, 0.1) is 12.2 Å². The van der Waals surface area contributed by atoms with Crippen LogP contribution in [0, 0.1) is 0 Å². The molecule has 1 atom stereocenters. The summed E-state index contributed by atoms with van der Waals surface area (Å²) >= 11 is 12.2. The van der Waals surface area contributed by atoms with E-state index in [-0.39, 0.29) is 17.6 Å². The number of nitrogens with one attached hydrogen (secondary N) is 2. The van der Waals surface area contributed by atoms with Crippen molar-refractivity contribution in [1.29, 1.82) is 0 Å². The Kier molecular flexibility index (Phi) is 6.51. The Morgan fingerprint density at radius 2 is 2.00 bits per heavy atom. The minimum Gasteiger partial charge on any atom is -0.429 e. The summed E-state index contributed by atoms with van der Waals surface area (Å²) in [4.78, 5) is 10.6. The van der Waals surface area contributed by atoms with Crippen LogP contribution < -0.4 is 20.3 Å². The number of halogens is 4. The van der Waals surface area contributed by atoms with Gasteiger partial charge in [-0.1, -0.05) is 29.3 Å². The summed E-state index contributed by atoms with van der Waals surface area (Å²) in [7, 11) is 0. The standard InChI is InChI=1S/C17H19Cl2F2N5O/c1-10(12-3-2-11(18)8-13(12)19)24-15-14(27-16(20)21)9-23-17(25-15)26-6-4-22-5-7-26/h2-3,8-10,16,22H,4-7H2,1H3,(H,23,24,25)/t10-/m1/s1. The molecular formula is C17H19Cl2F2N5O. The molecule has 1 saturated heterocycles. The number of hydrogen-bond acceptors (Lipinski definition) is 6. The predicted octanol–water partition coefficient (Wildman–Crippen LogP) is 3.97. The third-order valence-electron chi connectivity index (χ3n) is 4.14. The van der Waals surface area contributed by atoms with E-state index in [4.69, 9.17) is 23.2 Å². The van der Waals surface area contributed by atoms with E-state index in [1.165, 1.54) is 6.20 Å². The first kappa shape index (κ1) is 19.9. The molecule has 6 nitrogen and oxygen atoms in total. The topological polar surface area (TPSA) is 62.3 Å². The van der Waals surface area contributed by atoms with Gasteiger partial charge in [-0.2, -0.15) is 13.8 Å². The first-order chi connectivity index (χ1) is 12.9. The molecular weight excluding hydrogens is 399 g/mol. The first-order valence-electron chi connectivity index (χ1n) is 8.43. The van der Waals surface area contributed by atoms with E-state index < -0.39 is 6.61 Å². The van der Waals surface area contributed by atoms with E-state index in [1.807, 2.05) is 11.8 Å². The summed E-state index contributed by atoms with van der Waals surface area (Å²) < 4.78 is 30.1. The van der Waals surface area contributed by atoms with Crippen molar-refractivity contribution in [3.63, 3.8) is 0 Å². The minimum atomic E-state index is -2.98. The summed E-state index contributed by atoms with van der Waals surface area (Å²) in [5.41, 5.74) is 0.756. The number of aromatic nitrogens is 2. The number of hydrogen-bond donors (Lipinski definition) is 2. The van der Waals surface area contributed by atoms with Crippen LogP contribution in [0.3, 0.4) is 0 Å². The van der Waals surface area contributed by atoms with Gasteiger partial charge in [-0.15, -0.1) is 0 Å². The lowest BCUT2D eigenvalue weighted by molar-refractivity contribution is -0.0498. The molecule has 1 fully saturated rings. The van der Waals surface area contributed by atoms with Crippen molar-refractivity contribution < 1.29 is 13.5 Å². The molecule has 0 amide bonds. The number of alkyl halides is 2. The van der Waals surface area contributed by atoms with Gasteiger partial charge in [0.15, 0.2) is 11.6 Å². The SMILES string of the molecule is C[C@@H](Nc1nc(N2CCNCC2)ncc1OC(F)F)c1ccc(Cl)cc1Cl. The number of rotatable bonds is 6. The molecule has 2 N–H and O–H groups in total. The lowest BCUT2D eigenvalue weighted by Gasteiger charge is -2.28. The largest absolute Gasteiger partial charge is 0.429 e. The number of anilines is 2. The molecule has 1 aliphatic rings. The molecule has 2 aromatic rings. The maximum absolute atomic E-state index is 12.8. The number of benzene rings is 1. The molecule has 0 radical (unpaired) electrons. The van der Waals surface area contributed by atoms with E-state index in [1.54, 1.807) is 18.2 Å². The molecule has 3 rings (SSSR count). The van der Waals surface area contributed by atoms with Crippen LogP contribution in [-0.2, 0) is 0 Å². The summed E-state index contributed by atoms with van der Waals surface area (Å²) in [6, 6.07) is 4.79. The highest BCUT2D eigenvalue weighted by Gasteiger charge is 2.20. The molecule has 1 aromatic heterocycles. The molecule has 0 bridgehead atoms. The molecule has 2 heterocycles. The summed E-state index contributed by atoms with van der Waals surface area (Å²) in [5.74, 6) is 0.508. The Morgan fingerprint density at radius 3 is 2.67 bits per heavy atom. The summed E-state index contributed by atoms with van der Waals surface area (Å²) in [6.45, 7) is 1.93. The summed E-state index contributed by atoms with van der Waals surface area (Å²) in [6.07, 6.45) is 1.26. The molecule has 146 valence electrons. The normalized spacial score (nSPS) is 15.7. The molecule has 10 heteroatoms. The third kappa shape index (κ3) is 5.09. The monoisotopic (exact) mass is 417 g/mol. The second-order valence-corrected chi connectivity index (χ2v) is 6.87. The Bertz CT molecular complexity index is 790. The van der Waals surface area contributed by atoms with E-state index in [0.29, 0.717) is 16.0 Å². The maximum Gasteiger partial charge on any atom is 0.387 e. The van der Waals surface area contributed by atoms with Crippen LogP contribution in [0.2, 0.25) is 10.0 Å². The van der Waals surface area contributed by atoms with Crippen molar-refractivity contribution in [1.82, 2.24) is 15.3 Å². The molecule has 0 aliphatic carbocycles. The number of ether oxygens (including phenoxy) is 1. The average molecular weight is 418 g/mol. The van der Waals surface area contributed by atoms with Crippen molar-refractivity contribution >= 4 is 35.0 Å². The molecule has 1 aromatic carbocycles. The lowest BCUT2D eigenvalue weighted by Crippen LogP contribution is -2.44. The van der Waals surface area contributed by atoms with Crippen molar-refractivity contribution in [2.24, 2.45) is 0 Å². The van der Waals surface area contributed by atoms with Gasteiger partial charge >= 0.3 is 6.61 Å². The zero-order chi connectivity index (χ0) is 19.4. The lowest BCUT2D eigenvalue weighted by atomic mass is 10.1. The maximum atomic E-state index is 12.8. The molecule has 0 spiro atoms. The zero-order valence-electron chi connectivity index (χ0n) is 14.6. The Hall–Kier alpha value is -1.90. The van der Waals surface area contributed by atoms with Crippen LogP contribution >= 0.6 is 23.2 Å². The summed E-state index contributed by atoms with van der Waals surface area (Å²) in [5, 5.41) is 7.31. The average Bonchev–Trinajstić information content (AvgIpc) is 2.63. The van der Waals surface area contributed by atoms with Crippen LogP contribution in [0.25, 0.3) is 0 Å². The predicted molar refractivity (Wildman–Crippen MR) is 102 cm³/mol. The molecule has 0 saturated carbocycles. The zero-order valence-corrected chi connectivity index (χ0v) is 16.1. The van der Waals surface area contributed by atoms with E-state index in [2.05, 4.69) is 25.3 Å².